The molecular formula is C17H19N3O3. The summed E-state index contributed by atoms with van der Waals surface area (Å²) in [7, 11) is 0. The van der Waals surface area contributed by atoms with Crippen molar-refractivity contribution in [3.05, 3.63) is 48.2 Å². The third kappa shape index (κ3) is 4.04. The van der Waals surface area contributed by atoms with Crippen LogP contribution in [0.3, 0.4) is 0 Å². The van der Waals surface area contributed by atoms with E-state index in [1.54, 1.807) is 29.4 Å². The Kier molecular flexibility index (Phi) is 4.83. The third-order valence-electron chi connectivity index (χ3n) is 3.71. The van der Waals surface area contributed by atoms with Crippen molar-refractivity contribution in [2.45, 2.75) is 25.9 Å². The van der Waals surface area contributed by atoms with Crippen molar-refractivity contribution >= 4 is 17.7 Å². The summed E-state index contributed by atoms with van der Waals surface area (Å²) in [6.45, 7) is 3.13. The summed E-state index contributed by atoms with van der Waals surface area (Å²) in [5.41, 5.74) is 0.709. The van der Waals surface area contributed by atoms with Gasteiger partial charge in [-0.1, -0.05) is 0 Å². The number of nitrogens with zero attached hydrogens (tertiary/aromatic N) is 3. The summed E-state index contributed by atoms with van der Waals surface area (Å²) in [6.07, 6.45) is 8.39. The number of carbonyl (C=O) groups is 1. The van der Waals surface area contributed by atoms with Gasteiger partial charge in [0.2, 0.25) is 0 Å². The summed E-state index contributed by atoms with van der Waals surface area (Å²) in [5.74, 6) is 1.33. The van der Waals surface area contributed by atoms with Crippen LogP contribution in [0, 0.1) is 6.92 Å². The number of carbonyl (C=O) groups excluding carboxylic acids is 1. The van der Waals surface area contributed by atoms with Gasteiger partial charge in [-0.25, -0.2) is 0 Å². The zero-order chi connectivity index (χ0) is 16.1. The van der Waals surface area contributed by atoms with Gasteiger partial charge in [-0.3, -0.25) is 4.79 Å². The van der Waals surface area contributed by atoms with E-state index in [9.17, 15) is 4.79 Å². The van der Waals surface area contributed by atoms with Crippen LogP contribution >= 0.6 is 0 Å². The maximum absolute atomic E-state index is 12.6. The standard InChI is InChI=1S/C17H19N3O3/c1-13-4-5-15(23-13)6-7-17(21)20(12-16-3-2-10-22-16)14-8-9-18-19-11-14/h4-9,11,16H,2-3,10,12H2,1H3/b7-6+. The van der Waals surface area contributed by atoms with Crippen LogP contribution in [0.5, 0.6) is 0 Å². The van der Waals surface area contributed by atoms with Crippen molar-refractivity contribution in [1.82, 2.24) is 10.2 Å². The molecule has 0 N–H and O–H groups in total. The van der Waals surface area contributed by atoms with Crippen molar-refractivity contribution in [2.75, 3.05) is 18.1 Å². The predicted molar refractivity (Wildman–Crippen MR) is 85.8 cm³/mol. The first-order valence-electron chi connectivity index (χ1n) is 7.67. The van der Waals surface area contributed by atoms with E-state index in [1.165, 1.54) is 6.08 Å². The molecule has 1 saturated heterocycles. The molecule has 0 saturated carbocycles. The van der Waals surface area contributed by atoms with Gasteiger partial charge in [0.05, 0.1) is 30.7 Å². The average molecular weight is 313 g/mol. The highest BCUT2D eigenvalue weighted by Gasteiger charge is 2.23. The number of hydrogen-bond donors (Lipinski definition) is 0. The van der Waals surface area contributed by atoms with E-state index in [2.05, 4.69) is 10.2 Å². The van der Waals surface area contributed by atoms with Crippen LogP contribution in [0.1, 0.15) is 24.4 Å². The quantitative estimate of drug-likeness (QED) is 0.794. The SMILES string of the molecule is Cc1ccc(/C=C/C(=O)N(CC2CCCO2)c2ccnnc2)o1. The molecule has 0 bridgehead atoms. The minimum Gasteiger partial charge on any atom is -0.462 e. The molecule has 120 valence electrons. The first-order chi connectivity index (χ1) is 11.2. The van der Waals surface area contributed by atoms with E-state index < -0.39 is 0 Å². The summed E-state index contributed by atoms with van der Waals surface area (Å²) >= 11 is 0. The van der Waals surface area contributed by atoms with Crippen LogP contribution in [0.4, 0.5) is 5.69 Å². The third-order valence-corrected chi connectivity index (χ3v) is 3.71. The van der Waals surface area contributed by atoms with Gasteiger partial charge < -0.3 is 14.1 Å². The molecule has 0 aliphatic carbocycles. The maximum Gasteiger partial charge on any atom is 0.251 e. The average Bonchev–Trinajstić information content (AvgIpc) is 3.23. The van der Waals surface area contributed by atoms with Gasteiger partial charge >= 0.3 is 0 Å². The number of hydrogen-bond acceptors (Lipinski definition) is 5. The van der Waals surface area contributed by atoms with Gasteiger partial charge in [0.15, 0.2) is 0 Å². The molecule has 3 heterocycles. The summed E-state index contributed by atoms with van der Waals surface area (Å²) in [5, 5.41) is 7.62. The van der Waals surface area contributed by atoms with Crippen LogP contribution in [-0.2, 0) is 9.53 Å². The summed E-state index contributed by atoms with van der Waals surface area (Å²) in [6, 6.07) is 5.46. The minimum absolute atomic E-state index is 0.0615. The highest BCUT2D eigenvalue weighted by molar-refractivity contribution is 6.03. The largest absolute Gasteiger partial charge is 0.462 e. The molecule has 23 heavy (non-hydrogen) atoms. The maximum atomic E-state index is 12.6. The Bertz CT molecular complexity index is 675. The molecule has 6 heteroatoms. The van der Waals surface area contributed by atoms with Crippen molar-refractivity contribution in [1.29, 1.82) is 0 Å². The van der Waals surface area contributed by atoms with Gasteiger partial charge in [0.1, 0.15) is 11.5 Å². The molecule has 1 aliphatic heterocycles. The van der Waals surface area contributed by atoms with Crippen molar-refractivity contribution in [2.24, 2.45) is 0 Å². The van der Waals surface area contributed by atoms with Gasteiger partial charge in [0.25, 0.3) is 5.91 Å². The molecule has 1 aliphatic rings. The lowest BCUT2D eigenvalue weighted by atomic mass is 10.2. The molecule has 2 aromatic rings. The number of ether oxygens (including phenoxy) is 1. The molecule has 3 rings (SSSR count). The van der Waals surface area contributed by atoms with Crippen LogP contribution in [0.15, 0.2) is 41.1 Å². The van der Waals surface area contributed by atoms with Crippen molar-refractivity contribution < 1.29 is 13.9 Å². The van der Waals surface area contributed by atoms with Gasteiger partial charge in [-0.2, -0.15) is 10.2 Å². The molecule has 6 nitrogen and oxygen atoms in total. The molecule has 2 aromatic heterocycles. The fourth-order valence-corrected chi connectivity index (χ4v) is 2.54. The summed E-state index contributed by atoms with van der Waals surface area (Å²) in [4.78, 5) is 14.3. The Morgan fingerprint density at radius 2 is 2.30 bits per heavy atom. The molecule has 1 atom stereocenters. The number of anilines is 1. The number of rotatable bonds is 5. The lowest BCUT2D eigenvalue weighted by Gasteiger charge is -2.23. The highest BCUT2D eigenvalue weighted by Crippen LogP contribution is 2.19. The first kappa shape index (κ1) is 15.4. The van der Waals surface area contributed by atoms with E-state index in [1.807, 2.05) is 19.1 Å². The van der Waals surface area contributed by atoms with E-state index in [0.29, 0.717) is 18.0 Å². The number of amides is 1. The van der Waals surface area contributed by atoms with Gasteiger partial charge in [-0.15, -0.1) is 0 Å². The Hall–Kier alpha value is -2.47. The predicted octanol–water partition coefficient (Wildman–Crippen LogP) is 2.60. The zero-order valence-electron chi connectivity index (χ0n) is 13.0. The second kappa shape index (κ2) is 7.19. The molecule has 0 radical (unpaired) electrons. The Morgan fingerprint density at radius 1 is 1.39 bits per heavy atom. The van der Waals surface area contributed by atoms with E-state index in [-0.39, 0.29) is 12.0 Å². The number of furan rings is 1. The van der Waals surface area contributed by atoms with E-state index in [4.69, 9.17) is 9.15 Å². The fraction of sp³-hybridized carbons (Fsp3) is 0.353. The highest BCUT2D eigenvalue weighted by atomic mass is 16.5. The normalized spacial score (nSPS) is 17.7. The fourth-order valence-electron chi connectivity index (χ4n) is 2.54. The molecule has 1 amide bonds. The monoisotopic (exact) mass is 313 g/mol. The minimum atomic E-state index is -0.137. The van der Waals surface area contributed by atoms with Gasteiger partial charge in [-0.05, 0) is 44.0 Å². The number of aromatic nitrogens is 2. The Morgan fingerprint density at radius 3 is 2.96 bits per heavy atom. The molecule has 0 aromatic carbocycles. The van der Waals surface area contributed by atoms with Crippen LogP contribution in [0.2, 0.25) is 0 Å². The molecular weight excluding hydrogens is 294 g/mol. The van der Waals surface area contributed by atoms with Crippen LogP contribution < -0.4 is 4.90 Å². The zero-order valence-corrected chi connectivity index (χ0v) is 13.0. The Balaban J connectivity index is 1.76. The van der Waals surface area contributed by atoms with E-state index in [0.717, 1.165) is 25.2 Å². The molecule has 1 unspecified atom stereocenters. The molecule has 0 spiro atoms. The topological polar surface area (TPSA) is 68.5 Å². The van der Waals surface area contributed by atoms with Crippen LogP contribution in [-0.4, -0.2) is 35.4 Å². The van der Waals surface area contributed by atoms with Crippen molar-refractivity contribution in [3.63, 3.8) is 0 Å². The molecule has 1 fully saturated rings. The number of aryl methyl sites for hydroxylation is 1. The lowest BCUT2D eigenvalue weighted by molar-refractivity contribution is -0.114. The Labute approximate surface area is 134 Å². The second-order valence-corrected chi connectivity index (χ2v) is 5.47. The second-order valence-electron chi connectivity index (χ2n) is 5.47. The van der Waals surface area contributed by atoms with Crippen LogP contribution in [0.25, 0.3) is 6.08 Å². The van der Waals surface area contributed by atoms with E-state index >= 15 is 0 Å². The lowest BCUT2D eigenvalue weighted by Crippen LogP contribution is -2.36. The van der Waals surface area contributed by atoms with Gasteiger partial charge in [0, 0.05) is 12.7 Å². The first-order valence-corrected chi connectivity index (χ1v) is 7.67. The van der Waals surface area contributed by atoms with Crippen molar-refractivity contribution in [3.8, 4) is 0 Å². The smallest absolute Gasteiger partial charge is 0.251 e. The summed E-state index contributed by atoms with van der Waals surface area (Å²) < 4.78 is 11.1.